The zero-order valence-electron chi connectivity index (χ0n) is 10.0. The molecule has 0 aliphatic carbocycles. The first-order valence-corrected chi connectivity index (χ1v) is 5.09. The third kappa shape index (κ3) is 6.55. The molecule has 0 radical (unpaired) electrons. The van der Waals surface area contributed by atoms with Crippen molar-refractivity contribution in [2.45, 2.75) is 20.8 Å². The largest absolute Gasteiger partial charge is 0.496 e. The van der Waals surface area contributed by atoms with Crippen LogP contribution in [0, 0.1) is 6.92 Å². The van der Waals surface area contributed by atoms with Crippen molar-refractivity contribution in [2.75, 3.05) is 7.11 Å². The van der Waals surface area contributed by atoms with E-state index in [4.69, 9.17) is 4.74 Å². The van der Waals surface area contributed by atoms with Gasteiger partial charge in [-0.3, -0.25) is 0 Å². The number of methoxy groups -OCH3 is 1. The van der Waals surface area contributed by atoms with Gasteiger partial charge in [-0.2, -0.15) is 0 Å². The van der Waals surface area contributed by atoms with Crippen molar-refractivity contribution in [3.8, 4) is 5.75 Å². The van der Waals surface area contributed by atoms with Gasteiger partial charge in [-0.1, -0.05) is 42.5 Å². The van der Waals surface area contributed by atoms with Crippen molar-refractivity contribution >= 4 is 0 Å². The predicted octanol–water partition coefficient (Wildman–Crippen LogP) is 4.14. The number of benzene rings is 1. The Hall–Kier alpha value is -1.50. The maximum absolute atomic E-state index is 5.04. The average molecular weight is 204 g/mol. The van der Waals surface area contributed by atoms with Gasteiger partial charge in [0.15, 0.2) is 0 Å². The van der Waals surface area contributed by atoms with Crippen molar-refractivity contribution in [1.82, 2.24) is 0 Å². The summed E-state index contributed by atoms with van der Waals surface area (Å²) in [6.07, 6.45) is 8.00. The number of hydrogen-bond acceptors (Lipinski definition) is 1. The minimum atomic E-state index is 0.956. The minimum absolute atomic E-state index is 0.956. The van der Waals surface area contributed by atoms with Gasteiger partial charge in [0.25, 0.3) is 0 Å². The molecule has 0 bridgehead atoms. The summed E-state index contributed by atoms with van der Waals surface area (Å²) >= 11 is 0. The quantitative estimate of drug-likeness (QED) is 0.658. The van der Waals surface area contributed by atoms with Crippen LogP contribution in [0.2, 0.25) is 0 Å². The Morgan fingerprint density at radius 2 is 1.53 bits per heavy atom. The third-order valence-corrected chi connectivity index (χ3v) is 1.81. The van der Waals surface area contributed by atoms with Crippen molar-refractivity contribution < 1.29 is 4.74 Å². The van der Waals surface area contributed by atoms with Gasteiger partial charge < -0.3 is 4.74 Å². The molecular weight excluding hydrogens is 184 g/mol. The van der Waals surface area contributed by atoms with E-state index >= 15 is 0 Å². The van der Waals surface area contributed by atoms with E-state index in [1.807, 2.05) is 69.3 Å². The predicted molar refractivity (Wildman–Crippen MR) is 67.4 cm³/mol. The van der Waals surface area contributed by atoms with E-state index in [0.29, 0.717) is 0 Å². The molecule has 0 atom stereocenters. The first kappa shape index (κ1) is 13.5. The molecule has 1 aromatic carbocycles. The Labute approximate surface area is 93.1 Å². The average Bonchev–Trinajstić information content (AvgIpc) is 2.28. The standard InChI is InChI=1S/C8H10O.C6H10/c1-7-5-3-4-6-8(7)9-2;1-3-5-6-4-2/h3-6H,1-2H3;3-6H,1-2H3/b;5-3-,6-4-. The molecule has 1 aromatic rings. The second-order valence-corrected chi connectivity index (χ2v) is 3.02. The topological polar surface area (TPSA) is 9.23 Å². The molecule has 0 saturated heterocycles. The number of hydrogen-bond donors (Lipinski definition) is 0. The summed E-state index contributed by atoms with van der Waals surface area (Å²) in [4.78, 5) is 0. The van der Waals surface area contributed by atoms with Crippen LogP contribution in [0.15, 0.2) is 48.6 Å². The van der Waals surface area contributed by atoms with Crippen LogP contribution in [0.1, 0.15) is 19.4 Å². The number of allylic oxidation sites excluding steroid dienone is 4. The number of rotatable bonds is 2. The van der Waals surface area contributed by atoms with Crippen LogP contribution < -0.4 is 4.74 Å². The second-order valence-electron chi connectivity index (χ2n) is 3.02. The van der Waals surface area contributed by atoms with Gasteiger partial charge in [0, 0.05) is 0 Å². The second kappa shape index (κ2) is 9.07. The molecule has 0 spiro atoms. The summed E-state index contributed by atoms with van der Waals surface area (Å²) < 4.78 is 5.04. The zero-order chi connectivity index (χ0) is 11.5. The van der Waals surface area contributed by atoms with E-state index in [1.165, 1.54) is 5.56 Å². The fourth-order valence-electron chi connectivity index (χ4n) is 1.01. The van der Waals surface area contributed by atoms with Crippen LogP contribution in [0.5, 0.6) is 5.75 Å². The third-order valence-electron chi connectivity index (χ3n) is 1.81. The minimum Gasteiger partial charge on any atom is -0.496 e. The molecule has 1 heteroatoms. The molecule has 1 rings (SSSR count). The summed E-state index contributed by atoms with van der Waals surface area (Å²) in [6.45, 7) is 6.03. The van der Waals surface area contributed by atoms with Gasteiger partial charge in [0.1, 0.15) is 5.75 Å². The lowest BCUT2D eigenvalue weighted by Crippen LogP contribution is -1.84. The highest BCUT2D eigenvalue weighted by atomic mass is 16.5. The van der Waals surface area contributed by atoms with Crippen LogP contribution in [0.3, 0.4) is 0 Å². The fourth-order valence-corrected chi connectivity index (χ4v) is 1.01. The molecule has 0 aliphatic heterocycles. The maximum atomic E-state index is 5.04. The number of aryl methyl sites for hydroxylation is 1. The van der Waals surface area contributed by atoms with Crippen LogP contribution in [-0.2, 0) is 0 Å². The van der Waals surface area contributed by atoms with Crippen molar-refractivity contribution in [1.29, 1.82) is 0 Å². The Bertz CT molecular complexity index is 301. The number of para-hydroxylation sites is 1. The molecule has 1 nitrogen and oxygen atoms in total. The van der Waals surface area contributed by atoms with Crippen molar-refractivity contribution in [3.63, 3.8) is 0 Å². The van der Waals surface area contributed by atoms with Crippen LogP contribution in [0.25, 0.3) is 0 Å². The SMILES string of the molecule is C/C=C\C=C/C.COc1ccccc1C. The number of ether oxygens (including phenoxy) is 1. The highest BCUT2D eigenvalue weighted by Gasteiger charge is 1.90. The van der Waals surface area contributed by atoms with Gasteiger partial charge >= 0.3 is 0 Å². The van der Waals surface area contributed by atoms with E-state index in [9.17, 15) is 0 Å². The van der Waals surface area contributed by atoms with Gasteiger partial charge in [0.05, 0.1) is 7.11 Å². The molecule has 0 saturated carbocycles. The van der Waals surface area contributed by atoms with E-state index in [-0.39, 0.29) is 0 Å². The van der Waals surface area contributed by atoms with Gasteiger partial charge in [-0.15, -0.1) is 0 Å². The Balaban J connectivity index is 0.000000288. The molecule has 0 N–H and O–H groups in total. The molecule has 0 aromatic heterocycles. The van der Waals surface area contributed by atoms with E-state index in [2.05, 4.69) is 0 Å². The smallest absolute Gasteiger partial charge is 0.121 e. The van der Waals surface area contributed by atoms with Crippen molar-refractivity contribution in [2.24, 2.45) is 0 Å². The van der Waals surface area contributed by atoms with Gasteiger partial charge in [-0.05, 0) is 32.4 Å². The molecule has 82 valence electrons. The first-order valence-electron chi connectivity index (χ1n) is 5.09. The van der Waals surface area contributed by atoms with Gasteiger partial charge in [-0.25, -0.2) is 0 Å². The van der Waals surface area contributed by atoms with Gasteiger partial charge in [0.2, 0.25) is 0 Å². The normalized spacial score (nSPS) is 10.1. The molecular formula is C14H20O. The summed E-state index contributed by atoms with van der Waals surface area (Å²) in [5, 5.41) is 0. The zero-order valence-corrected chi connectivity index (χ0v) is 10.0. The molecule has 0 unspecified atom stereocenters. The Kier molecular flexibility index (Phi) is 8.16. The van der Waals surface area contributed by atoms with E-state index in [0.717, 1.165) is 5.75 Å². The van der Waals surface area contributed by atoms with E-state index in [1.54, 1.807) is 7.11 Å². The summed E-state index contributed by atoms with van der Waals surface area (Å²) in [5.74, 6) is 0.956. The lowest BCUT2D eigenvalue weighted by molar-refractivity contribution is 0.411. The lowest BCUT2D eigenvalue weighted by Gasteiger charge is -2.00. The first-order chi connectivity index (χ1) is 7.26. The molecule has 0 heterocycles. The van der Waals surface area contributed by atoms with Crippen LogP contribution >= 0.6 is 0 Å². The molecule has 0 fully saturated rings. The summed E-state index contributed by atoms with van der Waals surface area (Å²) in [6, 6.07) is 7.94. The Morgan fingerprint density at radius 1 is 1.00 bits per heavy atom. The molecule has 15 heavy (non-hydrogen) atoms. The summed E-state index contributed by atoms with van der Waals surface area (Å²) in [7, 11) is 1.68. The van der Waals surface area contributed by atoms with E-state index < -0.39 is 0 Å². The summed E-state index contributed by atoms with van der Waals surface area (Å²) in [5.41, 5.74) is 1.18. The Morgan fingerprint density at radius 3 is 1.87 bits per heavy atom. The highest BCUT2D eigenvalue weighted by molar-refractivity contribution is 5.31. The maximum Gasteiger partial charge on any atom is 0.121 e. The fraction of sp³-hybridized carbons (Fsp3) is 0.286. The monoisotopic (exact) mass is 204 g/mol. The van der Waals surface area contributed by atoms with Crippen LogP contribution in [0.4, 0.5) is 0 Å². The van der Waals surface area contributed by atoms with Crippen molar-refractivity contribution in [3.05, 3.63) is 54.1 Å². The molecule has 0 amide bonds. The van der Waals surface area contributed by atoms with Crippen LogP contribution in [-0.4, -0.2) is 7.11 Å². The highest BCUT2D eigenvalue weighted by Crippen LogP contribution is 2.14. The lowest BCUT2D eigenvalue weighted by atomic mass is 10.2. The molecule has 0 aliphatic rings.